The fraction of sp³-hybridized carbons (Fsp3) is 0.158. The van der Waals surface area contributed by atoms with Crippen LogP contribution in [0, 0.1) is 11.3 Å². The van der Waals surface area contributed by atoms with Gasteiger partial charge in [0.1, 0.15) is 24.0 Å². The first-order valence-corrected chi connectivity index (χ1v) is 7.28. The van der Waals surface area contributed by atoms with E-state index in [1.165, 1.54) is 6.08 Å². The zero-order chi connectivity index (χ0) is 16.5. The molecule has 2 aromatic rings. The number of nitriles is 1. The van der Waals surface area contributed by atoms with E-state index < -0.39 is 5.97 Å². The number of nitrogens with zero attached hydrogens (tertiary/aromatic N) is 1. The summed E-state index contributed by atoms with van der Waals surface area (Å²) in [6.45, 7) is 2.43. The lowest BCUT2D eigenvalue weighted by Gasteiger charge is -2.06. The van der Waals surface area contributed by atoms with Gasteiger partial charge >= 0.3 is 5.97 Å². The summed E-state index contributed by atoms with van der Waals surface area (Å²) in [5, 5.41) is 9.01. The number of hydrogen-bond acceptors (Lipinski definition) is 4. The second-order valence-electron chi connectivity index (χ2n) is 4.73. The summed E-state index contributed by atoms with van der Waals surface area (Å²) in [4.78, 5) is 11.6. The summed E-state index contributed by atoms with van der Waals surface area (Å²) < 4.78 is 10.5. The summed E-state index contributed by atoms with van der Waals surface area (Å²) in [5.41, 5.74) is 1.80. The van der Waals surface area contributed by atoms with E-state index in [1.807, 2.05) is 36.4 Å². The first kappa shape index (κ1) is 16.3. The summed E-state index contributed by atoms with van der Waals surface area (Å²) in [5.74, 6) is 0.111. The lowest BCUT2D eigenvalue weighted by atomic mass is 10.1. The van der Waals surface area contributed by atoms with Crippen molar-refractivity contribution in [2.75, 3.05) is 6.61 Å². The maximum Gasteiger partial charge on any atom is 0.348 e. The largest absolute Gasteiger partial charge is 0.489 e. The highest BCUT2D eigenvalue weighted by atomic mass is 16.5. The molecule has 0 atom stereocenters. The Labute approximate surface area is 135 Å². The number of ether oxygens (including phenoxy) is 2. The van der Waals surface area contributed by atoms with Crippen molar-refractivity contribution in [1.82, 2.24) is 0 Å². The van der Waals surface area contributed by atoms with Gasteiger partial charge in [-0.15, -0.1) is 0 Å². The molecule has 0 radical (unpaired) electrons. The van der Waals surface area contributed by atoms with Gasteiger partial charge in [-0.05, 0) is 36.3 Å². The van der Waals surface area contributed by atoms with Crippen LogP contribution in [-0.4, -0.2) is 12.6 Å². The van der Waals surface area contributed by atoms with E-state index >= 15 is 0 Å². The summed E-state index contributed by atoms with van der Waals surface area (Å²) in [6, 6.07) is 18.9. The molecule has 0 saturated carbocycles. The topological polar surface area (TPSA) is 59.3 Å². The smallest absolute Gasteiger partial charge is 0.348 e. The van der Waals surface area contributed by atoms with Crippen LogP contribution in [0.2, 0.25) is 0 Å². The van der Waals surface area contributed by atoms with Crippen LogP contribution in [0.3, 0.4) is 0 Å². The first-order valence-electron chi connectivity index (χ1n) is 7.28. The second-order valence-corrected chi connectivity index (χ2v) is 4.73. The number of rotatable bonds is 6. The second kappa shape index (κ2) is 8.40. The summed E-state index contributed by atoms with van der Waals surface area (Å²) >= 11 is 0. The Hall–Kier alpha value is -3.06. The van der Waals surface area contributed by atoms with E-state index in [0.717, 1.165) is 16.9 Å². The Morgan fingerprint density at radius 3 is 2.43 bits per heavy atom. The molecule has 23 heavy (non-hydrogen) atoms. The zero-order valence-corrected chi connectivity index (χ0v) is 12.9. The molecular formula is C19H17NO3. The molecule has 0 bridgehead atoms. The van der Waals surface area contributed by atoms with E-state index in [4.69, 9.17) is 14.7 Å². The van der Waals surface area contributed by atoms with Gasteiger partial charge in [0.25, 0.3) is 0 Å². The highest BCUT2D eigenvalue weighted by molar-refractivity contribution is 5.97. The standard InChI is InChI=1S/C19H17NO3/c1-2-22-19(21)17(13-20)12-15-8-10-18(11-9-15)23-14-16-6-4-3-5-7-16/h3-12H,2,14H2,1H3/b17-12+. The van der Waals surface area contributed by atoms with Crippen molar-refractivity contribution < 1.29 is 14.3 Å². The molecule has 0 spiro atoms. The lowest BCUT2D eigenvalue weighted by molar-refractivity contribution is -0.137. The Bertz CT molecular complexity index is 713. The minimum atomic E-state index is -0.612. The van der Waals surface area contributed by atoms with E-state index in [-0.39, 0.29) is 12.2 Å². The number of benzene rings is 2. The molecule has 0 aromatic heterocycles. The third-order valence-electron chi connectivity index (χ3n) is 3.06. The fourth-order valence-electron chi connectivity index (χ4n) is 1.91. The van der Waals surface area contributed by atoms with E-state index in [1.54, 1.807) is 31.2 Å². The zero-order valence-electron chi connectivity index (χ0n) is 12.9. The van der Waals surface area contributed by atoms with E-state index in [2.05, 4.69) is 0 Å². The van der Waals surface area contributed by atoms with Gasteiger partial charge in [-0.3, -0.25) is 0 Å². The van der Waals surface area contributed by atoms with Gasteiger partial charge in [0, 0.05) is 0 Å². The summed E-state index contributed by atoms with van der Waals surface area (Å²) in [6.07, 6.45) is 1.50. The van der Waals surface area contributed by atoms with E-state index in [0.29, 0.717) is 6.61 Å². The number of carbonyl (C=O) groups is 1. The minimum absolute atomic E-state index is 0.0233. The van der Waals surface area contributed by atoms with Crippen molar-refractivity contribution in [3.63, 3.8) is 0 Å². The molecule has 4 heteroatoms. The van der Waals surface area contributed by atoms with Crippen LogP contribution in [0.5, 0.6) is 5.75 Å². The van der Waals surface area contributed by atoms with Gasteiger partial charge in [-0.25, -0.2) is 4.79 Å². The van der Waals surface area contributed by atoms with E-state index in [9.17, 15) is 4.79 Å². The number of carbonyl (C=O) groups excluding carboxylic acids is 1. The molecule has 0 aliphatic rings. The highest BCUT2D eigenvalue weighted by Crippen LogP contribution is 2.16. The molecule has 0 heterocycles. The normalized spacial score (nSPS) is 10.7. The minimum Gasteiger partial charge on any atom is -0.489 e. The van der Waals surface area contributed by atoms with Crippen molar-refractivity contribution in [1.29, 1.82) is 5.26 Å². The Morgan fingerprint density at radius 2 is 1.83 bits per heavy atom. The van der Waals surface area contributed by atoms with Gasteiger partial charge in [0.2, 0.25) is 0 Å². The molecule has 116 valence electrons. The first-order chi connectivity index (χ1) is 11.2. The highest BCUT2D eigenvalue weighted by Gasteiger charge is 2.09. The molecule has 0 aliphatic heterocycles. The number of hydrogen-bond donors (Lipinski definition) is 0. The van der Waals surface area contributed by atoms with Gasteiger partial charge in [-0.2, -0.15) is 5.26 Å². The molecule has 0 N–H and O–H groups in total. The molecule has 0 amide bonds. The van der Waals surface area contributed by atoms with Crippen LogP contribution in [0.1, 0.15) is 18.1 Å². The average molecular weight is 307 g/mol. The Kier molecular flexibility index (Phi) is 5.96. The van der Waals surface area contributed by atoms with Crippen LogP contribution in [0.15, 0.2) is 60.2 Å². The fourth-order valence-corrected chi connectivity index (χ4v) is 1.91. The van der Waals surface area contributed by atoms with Crippen LogP contribution >= 0.6 is 0 Å². The molecular weight excluding hydrogens is 290 g/mol. The molecule has 0 aliphatic carbocycles. The van der Waals surface area contributed by atoms with Gasteiger partial charge < -0.3 is 9.47 Å². The average Bonchev–Trinajstić information content (AvgIpc) is 2.60. The van der Waals surface area contributed by atoms with Crippen LogP contribution in [-0.2, 0) is 16.1 Å². The van der Waals surface area contributed by atoms with Crippen molar-refractivity contribution in [3.05, 3.63) is 71.3 Å². The van der Waals surface area contributed by atoms with Crippen molar-refractivity contribution in [3.8, 4) is 11.8 Å². The SMILES string of the molecule is CCOC(=O)/C(C#N)=C/c1ccc(OCc2ccccc2)cc1. The Morgan fingerprint density at radius 1 is 1.13 bits per heavy atom. The predicted molar refractivity (Wildman–Crippen MR) is 87.4 cm³/mol. The van der Waals surface area contributed by atoms with Gasteiger partial charge in [-0.1, -0.05) is 42.5 Å². The summed E-state index contributed by atoms with van der Waals surface area (Å²) in [7, 11) is 0. The van der Waals surface area contributed by atoms with Crippen molar-refractivity contribution in [2.24, 2.45) is 0 Å². The van der Waals surface area contributed by atoms with Gasteiger partial charge in [0.15, 0.2) is 0 Å². The molecule has 0 saturated heterocycles. The monoisotopic (exact) mass is 307 g/mol. The Balaban J connectivity index is 2.01. The third-order valence-corrected chi connectivity index (χ3v) is 3.06. The van der Waals surface area contributed by atoms with Crippen LogP contribution < -0.4 is 4.74 Å². The lowest BCUT2D eigenvalue weighted by Crippen LogP contribution is -2.05. The molecule has 2 aromatic carbocycles. The number of esters is 1. The predicted octanol–water partition coefficient (Wildman–Crippen LogP) is 3.74. The third kappa shape index (κ3) is 5.01. The molecule has 0 unspecified atom stereocenters. The van der Waals surface area contributed by atoms with Crippen molar-refractivity contribution >= 4 is 12.0 Å². The van der Waals surface area contributed by atoms with Gasteiger partial charge in [0.05, 0.1) is 6.61 Å². The van der Waals surface area contributed by atoms with Crippen LogP contribution in [0.4, 0.5) is 0 Å². The molecule has 0 fully saturated rings. The molecule has 4 nitrogen and oxygen atoms in total. The van der Waals surface area contributed by atoms with Crippen molar-refractivity contribution in [2.45, 2.75) is 13.5 Å². The quantitative estimate of drug-likeness (QED) is 0.463. The van der Waals surface area contributed by atoms with Crippen LogP contribution in [0.25, 0.3) is 6.08 Å². The molecule has 2 rings (SSSR count). The maximum absolute atomic E-state index is 11.6. The maximum atomic E-state index is 11.6.